The summed E-state index contributed by atoms with van der Waals surface area (Å²) in [6.07, 6.45) is 6.22. The number of carbonyl (C=O) groups is 3. The molecule has 4 rings (SSSR count). The molecule has 2 aliphatic carbocycles. The second-order valence-corrected chi connectivity index (χ2v) is 10.3. The monoisotopic (exact) mass is 383 g/mol. The van der Waals surface area contributed by atoms with E-state index >= 15 is 0 Å². The molecule has 4 amide bonds. The largest absolute Gasteiger partial charge is 0.334 e. The second-order valence-electron chi connectivity index (χ2n) is 8.05. The Morgan fingerprint density at radius 1 is 1.12 bits per heavy atom. The molecular weight excluding hydrogens is 358 g/mol. The van der Waals surface area contributed by atoms with E-state index in [1.54, 1.807) is 4.90 Å². The zero-order valence-corrected chi connectivity index (χ0v) is 15.6. The predicted molar refractivity (Wildman–Crippen MR) is 93.0 cm³/mol. The van der Waals surface area contributed by atoms with E-state index < -0.39 is 21.4 Å². The molecule has 4 aliphatic rings. The van der Waals surface area contributed by atoms with Gasteiger partial charge in [0.15, 0.2) is 9.84 Å². The first-order valence-corrected chi connectivity index (χ1v) is 11.3. The molecule has 2 saturated heterocycles. The van der Waals surface area contributed by atoms with Crippen LogP contribution in [0.2, 0.25) is 0 Å². The minimum atomic E-state index is -3.10. The van der Waals surface area contributed by atoms with Crippen LogP contribution in [0, 0.1) is 0 Å². The lowest BCUT2D eigenvalue weighted by molar-refractivity contribution is -0.141. The van der Waals surface area contributed by atoms with Crippen LogP contribution in [0.3, 0.4) is 0 Å². The van der Waals surface area contributed by atoms with Crippen LogP contribution < -0.4 is 5.32 Å². The van der Waals surface area contributed by atoms with Gasteiger partial charge in [-0.05, 0) is 32.1 Å². The highest BCUT2D eigenvalue weighted by Crippen LogP contribution is 2.35. The van der Waals surface area contributed by atoms with Gasteiger partial charge in [-0.25, -0.2) is 13.2 Å². The van der Waals surface area contributed by atoms with Gasteiger partial charge in [-0.15, -0.1) is 0 Å². The average molecular weight is 383 g/mol. The van der Waals surface area contributed by atoms with Crippen molar-refractivity contribution in [3.05, 3.63) is 0 Å². The second kappa shape index (κ2) is 6.21. The van der Waals surface area contributed by atoms with Crippen LogP contribution in [0.25, 0.3) is 0 Å². The van der Waals surface area contributed by atoms with Crippen molar-refractivity contribution in [2.45, 2.75) is 69.0 Å². The molecule has 0 radical (unpaired) electrons. The molecule has 1 N–H and O–H groups in total. The van der Waals surface area contributed by atoms with Crippen molar-refractivity contribution in [2.24, 2.45) is 0 Å². The number of nitrogens with zero attached hydrogens (tertiary/aromatic N) is 2. The van der Waals surface area contributed by atoms with Gasteiger partial charge in [0, 0.05) is 12.1 Å². The molecule has 144 valence electrons. The highest BCUT2D eigenvalue weighted by molar-refractivity contribution is 7.91. The van der Waals surface area contributed by atoms with Crippen molar-refractivity contribution in [3.63, 3.8) is 0 Å². The Bertz CT molecular complexity index is 739. The highest BCUT2D eigenvalue weighted by atomic mass is 32.2. The van der Waals surface area contributed by atoms with Gasteiger partial charge in [-0.3, -0.25) is 14.5 Å². The number of nitrogens with one attached hydrogen (secondary N) is 1. The zero-order valence-electron chi connectivity index (χ0n) is 14.8. The fraction of sp³-hybridized carbons (Fsp3) is 0.824. The summed E-state index contributed by atoms with van der Waals surface area (Å²) < 4.78 is 23.6. The van der Waals surface area contributed by atoms with Crippen molar-refractivity contribution in [2.75, 3.05) is 18.1 Å². The molecule has 2 saturated carbocycles. The summed E-state index contributed by atoms with van der Waals surface area (Å²) in [6, 6.07) is -0.783. The molecule has 8 nitrogen and oxygen atoms in total. The normalized spacial score (nSPS) is 29.8. The fourth-order valence-electron chi connectivity index (χ4n) is 4.58. The maximum absolute atomic E-state index is 12.9. The van der Waals surface area contributed by atoms with Crippen molar-refractivity contribution in [3.8, 4) is 0 Å². The van der Waals surface area contributed by atoms with E-state index in [1.165, 1.54) is 0 Å². The highest BCUT2D eigenvalue weighted by Gasteiger charge is 2.52. The Morgan fingerprint density at radius 3 is 2.38 bits per heavy atom. The smallest absolute Gasteiger partial charge is 0.325 e. The van der Waals surface area contributed by atoms with E-state index in [4.69, 9.17) is 0 Å². The van der Waals surface area contributed by atoms with Crippen molar-refractivity contribution in [1.82, 2.24) is 15.1 Å². The van der Waals surface area contributed by atoms with Crippen molar-refractivity contribution < 1.29 is 22.8 Å². The molecule has 0 aromatic carbocycles. The van der Waals surface area contributed by atoms with Crippen LogP contribution in [0.5, 0.6) is 0 Å². The van der Waals surface area contributed by atoms with Gasteiger partial charge in [0.2, 0.25) is 5.91 Å². The Balaban J connectivity index is 1.48. The molecular formula is C17H25N3O5S. The Labute approximate surface area is 153 Å². The van der Waals surface area contributed by atoms with Crippen LogP contribution >= 0.6 is 0 Å². The minimum absolute atomic E-state index is 0.0146. The number of hydrogen-bond donors (Lipinski definition) is 1. The molecule has 4 fully saturated rings. The lowest BCUT2D eigenvalue weighted by Gasteiger charge is -2.31. The number of carbonyl (C=O) groups excluding carboxylic acids is 3. The number of hydrogen-bond acceptors (Lipinski definition) is 5. The molecule has 1 atom stereocenters. The summed E-state index contributed by atoms with van der Waals surface area (Å²) in [7, 11) is -3.10. The maximum Gasteiger partial charge on any atom is 0.325 e. The van der Waals surface area contributed by atoms with Gasteiger partial charge in [-0.1, -0.05) is 19.3 Å². The molecule has 26 heavy (non-hydrogen) atoms. The van der Waals surface area contributed by atoms with E-state index in [0.717, 1.165) is 37.0 Å². The number of sulfone groups is 1. The SMILES string of the molecule is O=C1NC2(CCCCC2)C(=O)N1CC(=O)N(C1CC1)[C@@H]1CCS(=O)(=O)C1. The standard InChI is InChI=1S/C17H25N3O5S/c21-14(20(12-4-5-12)13-6-9-26(24,25)11-13)10-19-15(22)17(18-16(19)23)7-2-1-3-8-17/h12-13H,1-11H2,(H,18,23)/t13-/m1/s1. The van der Waals surface area contributed by atoms with Crippen molar-refractivity contribution in [1.29, 1.82) is 0 Å². The van der Waals surface area contributed by atoms with E-state index in [2.05, 4.69) is 5.32 Å². The van der Waals surface area contributed by atoms with Gasteiger partial charge in [-0.2, -0.15) is 0 Å². The summed E-state index contributed by atoms with van der Waals surface area (Å²) >= 11 is 0. The van der Waals surface area contributed by atoms with E-state index in [-0.39, 0.29) is 41.9 Å². The summed E-state index contributed by atoms with van der Waals surface area (Å²) in [5, 5.41) is 2.81. The Hall–Kier alpha value is -1.64. The van der Waals surface area contributed by atoms with Crippen LogP contribution in [0.1, 0.15) is 51.4 Å². The Kier molecular flexibility index (Phi) is 4.24. The quantitative estimate of drug-likeness (QED) is 0.709. The summed E-state index contributed by atoms with van der Waals surface area (Å²) in [5.74, 6) is -0.531. The number of urea groups is 1. The maximum atomic E-state index is 12.9. The van der Waals surface area contributed by atoms with Gasteiger partial charge < -0.3 is 10.2 Å². The summed E-state index contributed by atoms with van der Waals surface area (Å²) in [5.41, 5.74) is -0.837. The molecule has 0 unspecified atom stereocenters. The number of rotatable bonds is 4. The number of amides is 4. The first kappa shape index (κ1) is 17.8. The van der Waals surface area contributed by atoms with Crippen LogP contribution in [-0.4, -0.2) is 71.7 Å². The molecule has 9 heteroatoms. The van der Waals surface area contributed by atoms with Gasteiger partial charge in [0.1, 0.15) is 12.1 Å². The molecule has 1 spiro atoms. The van der Waals surface area contributed by atoms with E-state index in [9.17, 15) is 22.8 Å². The van der Waals surface area contributed by atoms with Crippen molar-refractivity contribution >= 4 is 27.7 Å². The average Bonchev–Trinajstić information content (AvgIpc) is 3.31. The Morgan fingerprint density at radius 2 is 1.81 bits per heavy atom. The molecule has 0 aromatic rings. The molecule has 0 aromatic heterocycles. The van der Waals surface area contributed by atoms with Gasteiger partial charge in [0.25, 0.3) is 5.91 Å². The minimum Gasteiger partial charge on any atom is -0.334 e. The fourth-order valence-corrected chi connectivity index (χ4v) is 6.30. The van der Waals surface area contributed by atoms with Crippen LogP contribution in [-0.2, 0) is 19.4 Å². The van der Waals surface area contributed by atoms with Crippen LogP contribution in [0.4, 0.5) is 4.79 Å². The summed E-state index contributed by atoms with van der Waals surface area (Å²) in [4.78, 5) is 40.8. The van der Waals surface area contributed by atoms with Gasteiger partial charge in [0.05, 0.1) is 11.5 Å². The predicted octanol–water partition coefficient (Wildman–Crippen LogP) is 0.419. The third-order valence-electron chi connectivity index (χ3n) is 6.08. The topological polar surface area (TPSA) is 104 Å². The molecule has 2 aliphatic heterocycles. The third kappa shape index (κ3) is 3.10. The van der Waals surface area contributed by atoms with E-state index in [0.29, 0.717) is 19.3 Å². The van der Waals surface area contributed by atoms with E-state index in [1.807, 2.05) is 0 Å². The first-order chi connectivity index (χ1) is 12.3. The first-order valence-electron chi connectivity index (χ1n) is 9.47. The lowest BCUT2D eigenvalue weighted by atomic mass is 9.82. The number of imide groups is 1. The lowest BCUT2D eigenvalue weighted by Crippen LogP contribution is -2.50. The third-order valence-corrected chi connectivity index (χ3v) is 7.83. The van der Waals surface area contributed by atoms with Gasteiger partial charge >= 0.3 is 6.03 Å². The summed E-state index contributed by atoms with van der Waals surface area (Å²) in [6.45, 7) is -0.292. The molecule has 2 heterocycles. The zero-order chi connectivity index (χ0) is 18.5. The van der Waals surface area contributed by atoms with Crippen LogP contribution in [0.15, 0.2) is 0 Å². The molecule has 0 bridgehead atoms.